The number of hydrogen-bond donors (Lipinski definition) is 1. The van der Waals surface area contributed by atoms with Gasteiger partial charge in [0, 0.05) is 11.5 Å². The topological polar surface area (TPSA) is 92.7 Å². The van der Waals surface area contributed by atoms with Crippen molar-refractivity contribution in [2.45, 2.75) is 51.2 Å². The summed E-state index contributed by atoms with van der Waals surface area (Å²) in [4.78, 5) is 36.4. The van der Waals surface area contributed by atoms with E-state index in [0.29, 0.717) is 12.0 Å². The third-order valence-corrected chi connectivity index (χ3v) is 7.95. The molecule has 2 aliphatic rings. The maximum atomic E-state index is 12.9. The molecular weight excluding hydrogens is 421 g/mol. The smallest absolute Gasteiger partial charge is 0.345 e. The van der Waals surface area contributed by atoms with Gasteiger partial charge in [0.25, 0.3) is 0 Å². The fourth-order valence-corrected chi connectivity index (χ4v) is 6.20. The van der Waals surface area contributed by atoms with E-state index >= 15 is 0 Å². The second kappa shape index (κ2) is 8.13. The van der Waals surface area contributed by atoms with Crippen LogP contribution in [0.3, 0.4) is 0 Å². The summed E-state index contributed by atoms with van der Waals surface area (Å²) in [6.45, 7) is 3.72. The fourth-order valence-electron chi connectivity index (χ4n) is 4.01. The number of ketones is 1. The van der Waals surface area contributed by atoms with Gasteiger partial charge in [-0.25, -0.2) is 4.21 Å². The number of aryl methyl sites for hydroxylation is 2. The molecule has 2 amide bonds. The van der Waals surface area contributed by atoms with E-state index in [1.54, 1.807) is 0 Å². The summed E-state index contributed by atoms with van der Waals surface area (Å²) >= 11 is 0. The maximum absolute atomic E-state index is 12.9. The van der Waals surface area contributed by atoms with Crippen LogP contribution in [0.1, 0.15) is 41.9 Å². The van der Waals surface area contributed by atoms with Crippen molar-refractivity contribution in [1.29, 1.82) is 0 Å². The molecule has 6 nitrogen and oxygen atoms in total. The standard InChI is InChI=1S/C20H23F3N2O4S/c1-11-3-4-12(2)14(9-11)16-17(26)15(24-18(16)27)10-13-5-7-30(29,8-6-13)25-19(28)20(21,22)23/h3-4,9,13,15-16H,5-8,10H2,1-2H3,(H,24,27). The Bertz CT molecular complexity index is 998. The first-order valence-electron chi connectivity index (χ1n) is 9.64. The number of benzene rings is 1. The Hall–Kier alpha value is -2.23. The molecule has 0 saturated carbocycles. The number of alkyl halides is 3. The van der Waals surface area contributed by atoms with E-state index in [2.05, 4.69) is 9.68 Å². The van der Waals surface area contributed by atoms with E-state index in [9.17, 15) is 31.8 Å². The predicted octanol–water partition coefficient (Wildman–Crippen LogP) is 2.81. The SMILES string of the molecule is Cc1ccc(C)c(C2C(=O)NC(CC3CCS(=O)(=NC(=O)C(F)(F)F)CC3)C2=O)c1. The van der Waals surface area contributed by atoms with Crippen LogP contribution in [0, 0.1) is 19.8 Å². The minimum absolute atomic E-state index is 0.0950. The van der Waals surface area contributed by atoms with Crippen molar-refractivity contribution >= 4 is 27.3 Å². The van der Waals surface area contributed by atoms with Gasteiger partial charge in [0.15, 0.2) is 5.78 Å². The molecule has 30 heavy (non-hydrogen) atoms. The summed E-state index contributed by atoms with van der Waals surface area (Å²) in [6.07, 6.45) is -4.25. The number of halogens is 3. The largest absolute Gasteiger partial charge is 0.474 e. The number of hydrogen-bond acceptors (Lipinski definition) is 4. The van der Waals surface area contributed by atoms with Gasteiger partial charge in [-0.05, 0) is 50.2 Å². The third kappa shape index (κ3) is 4.74. The molecular formula is C20H23F3N2O4S. The minimum Gasteiger partial charge on any atom is -0.345 e. The van der Waals surface area contributed by atoms with Crippen LogP contribution in [0.5, 0.6) is 0 Å². The molecule has 0 spiro atoms. The van der Waals surface area contributed by atoms with Crippen LogP contribution in [0.4, 0.5) is 13.2 Å². The molecule has 2 atom stereocenters. The zero-order valence-electron chi connectivity index (χ0n) is 16.6. The van der Waals surface area contributed by atoms with Gasteiger partial charge in [-0.15, -0.1) is 0 Å². The molecule has 1 aromatic carbocycles. The molecule has 2 saturated heterocycles. The number of carbonyl (C=O) groups is 3. The maximum Gasteiger partial charge on any atom is 0.474 e. The molecule has 0 aliphatic carbocycles. The van der Waals surface area contributed by atoms with Gasteiger partial charge in [0.1, 0.15) is 5.92 Å². The van der Waals surface area contributed by atoms with Crippen LogP contribution in [0.25, 0.3) is 0 Å². The van der Waals surface area contributed by atoms with Gasteiger partial charge in [0.2, 0.25) is 5.91 Å². The molecule has 0 bridgehead atoms. The van der Waals surface area contributed by atoms with Gasteiger partial charge >= 0.3 is 12.1 Å². The summed E-state index contributed by atoms with van der Waals surface area (Å²) in [5.41, 5.74) is 2.47. The predicted molar refractivity (Wildman–Crippen MR) is 104 cm³/mol. The molecule has 1 aromatic rings. The number of Topliss-reactive ketones (excluding diaryl/α,β-unsaturated/α-hetero) is 1. The Labute approximate surface area is 172 Å². The molecule has 2 aliphatic heterocycles. The highest BCUT2D eigenvalue weighted by molar-refractivity contribution is 7.93. The Morgan fingerprint density at radius 2 is 1.83 bits per heavy atom. The van der Waals surface area contributed by atoms with Crippen molar-refractivity contribution < 1.29 is 31.8 Å². The Morgan fingerprint density at radius 1 is 1.20 bits per heavy atom. The van der Waals surface area contributed by atoms with Crippen molar-refractivity contribution in [2.75, 3.05) is 11.5 Å². The first-order valence-corrected chi connectivity index (χ1v) is 11.5. The average Bonchev–Trinajstić information content (AvgIpc) is 2.92. The van der Waals surface area contributed by atoms with Crippen LogP contribution < -0.4 is 5.32 Å². The van der Waals surface area contributed by atoms with Gasteiger partial charge in [0.05, 0.1) is 15.8 Å². The van der Waals surface area contributed by atoms with Crippen LogP contribution in [-0.2, 0) is 24.1 Å². The molecule has 0 radical (unpaired) electrons. The average molecular weight is 444 g/mol. The van der Waals surface area contributed by atoms with E-state index in [1.807, 2.05) is 32.0 Å². The fraction of sp³-hybridized carbons (Fsp3) is 0.550. The lowest BCUT2D eigenvalue weighted by Crippen LogP contribution is -2.34. The molecule has 2 fully saturated rings. The molecule has 1 N–H and O–H groups in total. The Kier molecular flexibility index (Phi) is 6.08. The van der Waals surface area contributed by atoms with Crippen molar-refractivity contribution in [3.8, 4) is 0 Å². The Balaban J connectivity index is 1.66. The normalized spacial score (nSPS) is 29.6. The molecule has 0 aromatic heterocycles. The molecule has 3 rings (SSSR count). The summed E-state index contributed by atoms with van der Waals surface area (Å²) in [6, 6.07) is 4.91. The highest BCUT2D eigenvalue weighted by Gasteiger charge is 2.44. The highest BCUT2D eigenvalue weighted by atomic mass is 32.2. The number of carbonyl (C=O) groups excluding carboxylic acids is 3. The lowest BCUT2D eigenvalue weighted by molar-refractivity contribution is -0.169. The van der Waals surface area contributed by atoms with E-state index in [1.165, 1.54) is 0 Å². The van der Waals surface area contributed by atoms with E-state index in [-0.39, 0.29) is 42.0 Å². The zero-order chi connectivity index (χ0) is 22.3. The lowest BCUT2D eigenvalue weighted by atomic mass is 9.86. The van der Waals surface area contributed by atoms with Crippen LogP contribution in [0.15, 0.2) is 22.6 Å². The number of amides is 2. The molecule has 2 heterocycles. The van der Waals surface area contributed by atoms with Crippen LogP contribution in [-0.4, -0.2) is 45.5 Å². The van der Waals surface area contributed by atoms with Crippen molar-refractivity contribution in [1.82, 2.24) is 5.32 Å². The van der Waals surface area contributed by atoms with Crippen LogP contribution in [0.2, 0.25) is 0 Å². The van der Waals surface area contributed by atoms with E-state index in [0.717, 1.165) is 11.1 Å². The van der Waals surface area contributed by atoms with Gasteiger partial charge in [-0.3, -0.25) is 14.4 Å². The summed E-state index contributed by atoms with van der Waals surface area (Å²) in [5, 5.41) is 2.73. The minimum atomic E-state index is -5.13. The lowest BCUT2D eigenvalue weighted by Gasteiger charge is -2.26. The third-order valence-electron chi connectivity index (χ3n) is 5.70. The quantitative estimate of drug-likeness (QED) is 0.726. The van der Waals surface area contributed by atoms with Gasteiger partial charge in [-0.2, -0.15) is 17.5 Å². The number of nitrogens with one attached hydrogen (secondary N) is 1. The van der Waals surface area contributed by atoms with Gasteiger partial charge in [-0.1, -0.05) is 23.8 Å². The van der Waals surface area contributed by atoms with E-state index < -0.39 is 33.8 Å². The van der Waals surface area contributed by atoms with Crippen LogP contribution >= 0.6 is 0 Å². The number of rotatable bonds is 3. The first kappa shape index (κ1) is 22.5. The molecule has 164 valence electrons. The second-order valence-corrected chi connectivity index (χ2v) is 10.6. The van der Waals surface area contributed by atoms with Crippen molar-refractivity contribution in [3.63, 3.8) is 0 Å². The molecule has 10 heteroatoms. The van der Waals surface area contributed by atoms with Crippen molar-refractivity contribution in [3.05, 3.63) is 34.9 Å². The second-order valence-electron chi connectivity index (χ2n) is 8.01. The number of nitrogens with zero attached hydrogens (tertiary/aromatic N) is 1. The van der Waals surface area contributed by atoms with E-state index in [4.69, 9.17) is 0 Å². The highest BCUT2D eigenvalue weighted by Crippen LogP contribution is 2.32. The monoisotopic (exact) mass is 444 g/mol. The van der Waals surface area contributed by atoms with Crippen molar-refractivity contribution in [2.24, 2.45) is 10.3 Å². The zero-order valence-corrected chi connectivity index (χ0v) is 17.4. The first-order chi connectivity index (χ1) is 13.9. The molecule has 2 unspecified atom stereocenters. The van der Waals surface area contributed by atoms with Gasteiger partial charge < -0.3 is 5.32 Å². The summed E-state index contributed by atoms with van der Waals surface area (Å²) < 4.78 is 52.5. The Morgan fingerprint density at radius 3 is 2.43 bits per heavy atom. The summed E-state index contributed by atoms with van der Waals surface area (Å²) in [7, 11) is -3.24. The summed E-state index contributed by atoms with van der Waals surface area (Å²) in [5.74, 6) is -4.13.